The van der Waals surface area contributed by atoms with Gasteiger partial charge in [0.05, 0.1) is 35.2 Å². The zero-order valence-electron chi connectivity index (χ0n) is 19.9. The van der Waals surface area contributed by atoms with Gasteiger partial charge in [-0.3, -0.25) is 19.1 Å². The predicted octanol–water partition coefficient (Wildman–Crippen LogP) is 2.48. The molecule has 0 aliphatic carbocycles. The smallest absolute Gasteiger partial charge is 0.254 e. The van der Waals surface area contributed by atoms with Gasteiger partial charge in [-0.1, -0.05) is 21.5 Å². The number of dihydropyridines is 1. The third kappa shape index (κ3) is 4.69. The van der Waals surface area contributed by atoms with Crippen LogP contribution in [0.15, 0.2) is 39.4 Å². The van der Waals surface area contributed by atoms with Crippen molar-refractivity contribution in [2.24, 2.45) is 16.8 Å². The second-order valence-corrected chi connectivity index (χ2v) is 10.5. The van der Waals surface area contributed by atoms with Crippen molar-refractivity contribution in [3.63, 3.8) is 0 Å². The van der Waals surface area contributed by atoms with Crippen LogP contribution < -0.4 is 10.6 Å². The topological polar surface area (TPSA) is 109 Å². The molecule has 2 saturated heterocycles. The fraction of sp³-hybridized carbons (Fsp3) is 0.480. The quantitative estimate of drug-likeness (QED) is 0.605. The van der Waals surface area contributed by atoms with Gasteiger partial charge in [-0.25, -0.2) is 4.99 Å². The Bertz CT molecular complexity index is 1250. The number of aliphatic imine (C=N–C) groups is 1. The molecular weight excluding hydrogens is 512 g/mol. The molecule has 0 saturated carbocycles. The van der Waals surface area contributed by atoms with Crippen LogP contribution in [0.5, 0.6) is 0 Å². The number of amides is 3. The molecule has 3 aliphatic rings. The van der Waals surface area contributed by atoms with E-state index in [0.29, 0.717) is 24.4 Å². The molecule has 10 heteroatoms. The molecule has 1 aromatic carbocycles. The second kappa shape index (κ2) is 9.66. The molecule has 2 aromatic rings. The number of piperidine rings is 1. The lowest BCUT2D eigenvalue weighted by Gasteiger charge is -2.37. The largest absolute Gasteiger partial charge is 0.351 e. The number of allylic oxidation sites excluding steroid dienone is 1. The van der Waals surface area contributed by atoms with Crippen LogP contribution in [0.25, 0.3) is 10.9 Å². The fourth-order valence-corrected chi connectivity index (χ4v) is 5.54. The van der Waals surface area contributed by atoms with Gasteiger partial charge in [-0.05, 0) is 44.9 Å². The number of nitrogens with one attached hydrogen (secondary N) is 2. The standard InChI is InChI=1S/C25H29BrN6O3/c1-14-7-15(2)30-24(34)20(14)12-28-23(33)19-8-17(26)9-22-21(19)13-29-32(22)18-3-5-31(6-4-18)25(35)16-10-27-11-16/h7-9,13,16,18,20,27H,3-6,10-12H2,1-2H3,(H,28,33). The summed E-state index contributed by atoms with van der Waals surface area (Å²) in [7, 11) is 0. The SMILES string of the molecule is CC1=CC(C)=NC(=O)C1CNC(=O)c1cc(Br)cc2c1cnn2C1CCN(C(=O)C2CNC2)CC1. The molecule has 184 valence electrons. The molecule has 1 aromatic heterocycles. The van der Waals surface area contributed by atoms with Crippen LogP contribution in [-0.2, 0) is 9.59 Å². The Morgan fingerprint density at radius 3 is 2.60 bits per heavy atom. The van der Waals surface area contributed by atoms with Gasteiger partial charge in [0.1, 0.15) is 0 Å². The number of likely N-dealkylation sites (tertiary alicyclic amines) is 1. The van der Waals surface area contributed by atoms with Crippen LogP contribution in [0.3, 0.4) is 0 Å². The molecule has 1 atom stereocenters. The monoisotopic (exact) mass is 540 g/mol. The lowest BCUT2D eigenvalue weighted by molar-refractivity contribution is -0.138. The Morgan fingerprint density at radius 1 is 1.20 bits per heavy atom. The van der Waals surface area contributed by atoms with E-state index in [1.807, 2.05) is 28.6 Å². The van der Waals surface area contributed by atoms with Crippen LogP contribution in [-0.4, -0.2) is 70.8 Å². The number of nitrogens with zero attached hydrogens (tertiary/aromatic N) is 4. The molecule has 4 heterocycles. The Labute approximate surface area is 212 Å². The van der Waals surface area contributed by atoms with Crippen LogP contribution in [0.1, 0.15) is 43.1 Å². The van der Waals surface area contributed by atoms with Crippen LogP contribution in [0, 0.1) is 11.8 Å². The van der Waals surface area contributed by atoms with Crippen molar-refractivity contribution in [2.45, 2.75) is 32.7 Å². The molecule has 35 heavy (non-hydrogen) atoms. The summed E-state index contributed by atoms with van der Waals surface area (Å²) in [5.41, 5.74) is 2.97. The zero-order chi connectivity index (χ0) is 24.7. The maximum Gasteiger partial charge on any atom is 0.254 e. The summed E-state index contributed by atoms with van der Waals surface area (Å²) in [5.74, 6) is -0.563. The Balaban J connectivity index is 1.30. The highest BCUT2D eigenvalue weighted by molar-refractivity contribution is 9.10. The minimum absolute atomic E-state index is 0.119. The average Bonchev–Trinajstić information content (AvgIpc) is 3.20. The van der Waals surface area contributed by atoms with Crippen molar-refractivity contribution in [1.29, 1.82) is 0 Å². The summed E-state index contributed by atoms with van der Waals surface area (Å²) >= 11 is 3.55. The summed E-state index contributed by atoms with van der Waals surface area (Å²) in [6.07, 6.45) is 5.26. The highest BCUT2D eigenvalue weighted by atomic mass is 79.9. The number of carbonyl (C=O) groups is 3. The Morgan fingerprint density at radius 2 is 1.94 bits per heavy atom. The van der Waals surface area contributed by atoms with Crippen molar-refractivity contribution in [1.82, 2.24) is 25.3 Å². The molecule has 5 rings (SSSR count). The van der Waals surface area contributed by atoms with Gasteiger partial charge < -0.3 is 15.5 Å². The maximum atomic E-state index is 13.1. The Hall–Kier alpha value is -2.85. The normalized spacial score (nSPS) is 21.5. The highest BCUT2D eigenvalue weighted by Gasteiger charge is 2.32. The van der Waals surface area contributed by atoms with Gasteiger partial charge >= 0.3 is 0 Å². The van der Waals surface area contributed by atoms with Crippen LogP contribution in [0.2, 0.25) is 0 Å². The molecule has 3 amide bonds. The van der Waals surface area contributed by atoms with Gasteiger partial charge in [0.2, 0.25) is 5.91 Å². The first-order valence-corrected chi connectivity index (χ1v) is 12.8. The molecule has 0 bridgehead atoms. The van der Waals surface area contributed by atoms with Crippen molar-refractivity contribution >= 4 is 50.3 Å². The van der Waals surface area contributed by atoms with E-state index < -0.39 is 5.92 Å². The Kier molecular flexibility index (Phi) is 6.59. The summed E-state index contributed by atoms with van der Waals surface area (Å²) in [5, 5.41) is 11.5. The number of hydrogen-bond donors (Lipinski definition) is 2. The lowest BCUT2D eigenvalue weighted by atomic mass is 9.95. The zero-order valence-corrected chi connectivity index (χ0v) is 21.5. The van der Waals surface area contributed by atoms with E-state index in [9.17, 15) is 14.4 Å². The first-order chi connectivity index (χ1) is 16.8. The van der Waals surface area contributed by atoms with Gasteiger partial charge in [-0.2, -0.15) is 5.10 Å². The summed E-state index contributed by atoms with van der Waals surface area (Å²) in [6.45, 7) is 6.86. The number of rotatable bonds is 5. The van der Waals surface area contributed by atoms with Crippen molar-refractivity contribution in [3.05, 3.63) is 40.0 Å². The number of fused-ring (bicyclic) bond motifs is 1. The van der Waals surface area contributed by atoms with Gasteiger partial charge in [-0.15, -0.1) is 0 Å². The van der Waals surface area contributed by atoms with E-state index in [2.05, 4.69) is 36.7 Å². The molecule has 9 nitrogen and oxygen atoms in total. The van der Waals surface area contributed by atoms with Crippen molar-refractivity contribution < 1.29 is 14.4 Å². The van der Waals surface area contributed by atoms with E-state index in [4.69, 9.17) is 0 Å². The molecule has 0 spiro atoms. The van der Waals surface area contributed by atoms with E-state index >= 15 is 0 Å². The van der Waals surface area contributed by atoms with E-state index in [1.54, 1.807) is 19.2 Å². The summed E-state index contributed by atoms with van der Waals surface area (Å²) < 4.78 is 2.77. The van der Waals surface area contributed by atoms with Crippen LogP contribution >= 0.6 is 15.9 Å². The maximum absolute atomic E-state index is 13.1. The van der Waals surface area contributed by atoms with Gasteiger partial charge in [0, 0.05) is 48.3 Å². The first kappa shape index (κ1) is 23.9. The van der Waals surface area contributed by atoms with E-state index in [1.165, 1.54) is 0 Å². The number of aromatic nitrogens is 2. The molecular formula is C25H29BrN6O3. The third-order valence-corrected chi connectivity index (χ3v) is 7.67. The first-order valence-electron chi connectivity index (χ1n) is 12.0. The number of benzene rings is 1. The van der Waals surface area contributed by atoms with E-state index in [0.717, 1.165) is 46.9 Å². The van der Waals surface area contributed by atoms with Crippen molar-refractivity contribution in [2.75, 3.05) is 32.7 Å². The molecule has 1 unspecified atom stereocenters. The molecule has 0 radical (unpaired) electrons. The summed E-state index contributed by atoms with van der Waals surface area (Å²) in [4.78, 5) is 44.0. The molecule has 2 fully saturated rings. The minimum atomic E-state index is -0.448. The van der Waals surface area contributed by atoms with Gasteiger partial charge in [0.15, 0.2) is 0 Å². The minimum Gasteiger partial charge on any atom is -0.351 e. The predicted molar refractivity (Wildman–Crippen MR) is 136 cm³/mol. The van der Waals surface area contributed by atoms with Crippen LogP contribution in [0.4, 0.5) is 0 Å². The number of carbonyl (C=O) groups excluding carboxylic acids is 3. The van der Waals surface area contributed by atoms with Crippen molar-refractivity contribution in [3.8, 4) is 0 Å². The third-order valence-electron chi connectivity index (χ3n) is 7.22. The molecule has 3 aliphatic heterocycles. The number of halogens is 1. The molecule has 2 N–H and O–H groups in total. The average molecular weight is 541 g/mol. The second-order valence-electron chi connectivity index (χ2n) is 9.63. The highest BCUT2D eigenvalue weighted by Crippen LogP contribution is 2.31. The van der Waals surface area contributed by atoms with E-state index in [-0.39, 0.29) is 36.2 Å². The number of hydrogen-bond acceptors (Lipinski definition) is 5. The van der Waals surface area contributed by atoms with Gasteiger partial charge in [0.25, 0.3) is 11.8 Å². The fourth-order valence-electron chi connectivity index (χ4n) is 5.09. The lowest BCUT2D eigenvalue weighted by Crippen LogP contribution is -2.53. The summed E-state index contributed by atoms with van der Waals surface area (Å²) in [6, 6.07) is 3.92.